The van der Waals surface area contributed by atoms with Crippen molar-refractivity contribution in [2.75, 3.05) is 5.32 Å². The fourth-order valence-electron chi connectivity index (χ4n) is 2.12. The van der Waals surface area contributed by atoms with E-state index in [0.717, 1.165) is 25.7 Å². The van der Waals surface area contributed by atoms with Crippen LogP contribution in [-0.4, -0.2) is 11.0 Å². The normalized spacial score (nSPS) is 15.0. The minimum absolute atomic E-state index is 0.0590. The van der Waals surface area contributed by atoms with Gasteiger partial charge >= 0.3 is 0 Å². The molecule has 0 unspecified atom stereocenters. The number of thiocarbonyl (C=S) groups is 1. The fourth-order valence-corrected chi connectivity index (χ4v) is 2.29. The zero-order valence-corrected chi connectivity index (χ0v) is 11.2. The van der Waals surface area contributed by atoms with Crippen molar-refractivity contribution in [3.05, 3.63) is 30.1 Å². The summed E-state index contributed by atoms with van der Waals surface area (Å²) in [5.74, 6) is -0.396. The van der Waals surface area contributed by atoms with Crippen LogP contribution in [0.1, 0.15) is 25.7 Å². The molecule has 19 heavy (non-hydrogen) atoms. The lowest BCUT2D eigenvalue weighted by molar-refractivity contribution is -0.125. The van der Waals surface area contributed by atoms with E-state index < -0.39 is 5.82 Å². The molecule has 1 amide bonds. The van der Waals surface area contributed by atoms with Gasteiger partial charge in [0, 0.05) is 5.92 Å². The van der Waals surface area contributed by atoms with Crippen molar-refractivity contribution in [2.24, 2.45) is 5.92 Å². The molecule has 1 aromatic carbocycles. The molecule has 4 nitrogen and oxygen atoms in total. The number of amides is 1. The van der Waals surface area contributed by atoms with Crippen LogP contribution in [0.15, 0.2) is 24.3 Å². The zero-order chi connectivity index (χ0) is 13.7. The molecule has 0 atom stereocenters. The predicted molar refractivity (Wildman–Crippen MR) is 75.9 cm³/mol. The lowest BCUT2D eigenvalue weighted by Gasteiger charge is -2.14. The standard InChI is InChI=1S/C13H16FN3OS/c14-10-7-3-4-8-11(10)15-13(19)17-16-12(18)9-5-1-2-6-9/h3-4,7-9H,1-2,5-6H2,(H,16,18)(H2,15,17,19). The van der Waals surface area contributed by atoms with Crippen LogP contribution in [-0.2, 0) is 4.79 Å². The van der Waals surface area contributed by atoms with Crippen molar-refractivity contribution in [1.29, 1.82) is 0 Å². The third-order valence-electron chi connectivity index (χ3n) is 3.15. The number of hydrazine groups is 1. The molecule has 0 spiro atoms. The van der Waals surface area contributed by atoms with Gasteiger partial charge < -0.3 is 5.32 Å². The summed E-state index contributed by atoms with van der Waals surface area (Å²) in [6, 6.07) is 6.20. The molecular formula is C13H16FN3OS. The van der Waals surface area contributed by atoms with Crippen molar-refractivity contribution >= 4 is 28.9 Å². The first kappa shape index (κ1) is 13.7. The van der Waals surface area contributed by atoms with Crippen LogP contribution < -0.4 is 16.2 Å². The van der Waals surface area contributed by atoms with E-state index >= 15 is 0 Å². The number of rotatable bonds is 2. The highest BCUT2D eigenvalue weighted by molar-refractivity contribution is 7.80. The molecule has 0 radical (unpaired) electrons. The molecule has 1 fully saturated rings. The number of benzene rings is 1. The molecule has 3 N–H and O–H groups in total. The van der Waals surface area contributed by atoms with Gasteiger partial charge in [-0.25, -0.2) is 4.39 Å². The van der Waals surface area contributed by atoms with Crippen LogP contribution in [0.2, 0.25) is 0 Å². The van der Waals surface area contributed by atoms with Crippen molar-refractivity contribution in [1.82, 2.24) is 10.9 Å². The van der Waals surface area contributed by atoms with Gasteiger partial charge in [-0.05, 0) is 37.2 Å². The molecule has 1 aliphatic carbocycles. The first-order valence-electron chi connectivity index (χ1n) is 6.28. The molecule has 1 aliphatic rings. The SMILES string of the molecule is O=C(NNC(=S)Nc1ccccc1F)C1CCCC1. The Balaban J connectivity index is 1.78. The monoisotopic (exact) mass is 281 g/mol. The van der Waals surface area contributed by atoms with Crippen LogP contribution in [0.4, 0.5) is 10.1 Å². The van der Waals surface area contributed by atoms with Crippen molar-refractivity contribution in [3.8, 4) is 0 Å². The average molecular weight is 281 g/mol. The zero-order valence-electron chi connectivity index (χ0n) is 10.4. The highest BCUT2D eigenvalue weighted by atomic mass is 32.1. The third-order valence-corrected chi connectivity index (χ3v) is 3.35. The Kier molecular flexibility index (Phi) is 4.68. The maximum absolute atomic E-state index is 13.4. The number of para-hydroxylation sites is 1. The molecule has 6 heteroatoms. The van der Waals surface area contributed by atoms with Gasteiger partial charge in [-0.3, -0.25) is 15.6 Å². The smallest absolute Gasteiger partial charge is 0.241 e. The Morgan fingerprint density at radius 1 is 1.21 bits per heavy atom. The van der Waals surface area contributed by atoms with Gasteiger partial charge in [0.15, 0.2) is 5.11 Å². The molecule has 0 saturated heterocycles. The van der Waals surface area contributed by atoms with Crippen molar-refractivity contribution in [2.45, 2.75) is 25.7 Å². The van der Waals surface area contributed by atoms with Crippen LogP contribution >= 0.6 is 12.2 Å². The summed E-state index contributed by atoms with van der Waals surface area (Å²) in [6.07, 6.45) is 4.02. The quantitative estimate of drug-likeness (QED) is 0.575. The highest BCUT2D eigenvalue weighted by Gasteiger charge is 2.22. The van der Waals surface area contributed by atoms with Gasteiger partial charge in [0.05, 0.1) is 5.69 Å². The molecular weight excluding hydrogens is 265 g/mol. The summed E-state index contributed by atoms with van der Waals surface area (Å²) in [4.78, 5) is 11.7. The van der Waals surface area contributed by atoms with Crippen molar-refractivity contribution in [3.63, 3.8) is 0 Å². The first-order valence-corrected chi connectivity index (χ1v) is 6.69. The van der Waals surface area contributed by atoms with Crippen LogP contribution in [0, 0.1) is 11.7 Å². The third kappa shape index (κ3) is 3.89. The van der Waals surface area contributed by atoms with Gasteiger partial charge in [0.25, 0.3) is 0 Å². The van der Waals surface area contributed by atoms with E-state index in [1.165, 1.54) is 6.07 Å². The van der Waals surface area contributed by atoms with Crippen molar-refractivity contribution < 1.29 is 9.18 Å². The lowest BCUT2D eigenvalue weighted by atomic mass is 10.1. The van der Waals surface area contributed by atoms with Gasteiger partial charge in [0.1, 0.15) is 5.82 Å². The molecule has 0 heterocycles. The minimum Gasteiger partial charge on any atom is -0.329 e. The van der Waals surface area contributed by atoms with Crippen LogP contribution in [0.25, 0.3) is 0 Å². The van der Waals surface area contributed by atoms with Gasteiger partial charge in [-0.15, -0.1) is 0 Å². The summed E-state index contributed by atoms with van der Waals surface area (Å²) in [5.41, 5.74) is 5.41. The van der Waals surface area contributed by atoms with Gasteiger partial charge in [-0.1, -0.05) is 25.0 Å². The second kappa shape index (κ2) is 6.47. The number of nitrogens with one attached hydrogen (secondary N) is 3. The van der Waals surface area contributed by atoms with Crippen LogP contribution in [0.3, 0.4) is 0 Å². The van der Waals surface area contributed by atoms with E-state index in [1.807, 2.05) is 0 Å². The van der Waals surface area contributed by atoms with E-state index in [0.29, 0.717) is 0 Å². The predicted octanol–water partition coefficient (Wildman–Crippen LogP) is 2.33. The number of carbonyl (C=O) groups excluding carboxylic acids is 1. The molecule has 102 valence electrons. The maximum atomic E-state index is 13.4. The molecule has 0 aromatic heterocycles. The number of anilines is 1. The number of hydrogen-bond acceptors (Lipinski definition) is 2. The topological polar surface area (TPSA) is 53.2 Å². The Hall–Kier alpha value is -1.69. The van der Waals surface area contributed by atoms with Crippen LogP contribution in [0.5, 0.6) is 0 Å². The Morgan fingerprint density at radius 3 is 2.58 bits per heavy atom. The average Bonchev–Trinajstić information content (AvgIpc) is 2.93. The van der Waals surface area contributed by atoms with E-state index in [-0.39, 0.29) is 22.6 Å². The number of carbonyl (C=O) groups is 1. The first-order chi connectivity index (χ1) is 9.16. The minimum atomic E-state index is -0.395. The van der Waals surface area contributed by atoms with E-state index in [1.54, 1.807) is 18.2 Å². The maximum Gasteiger partial charge on any atom is 0.241 e. The molecule has 2 rings (SSSR count). The Bertz CT molecular complexity index is 475. The second-order valence-corrected chi connectivity index (χ2v) is 4.94. The van der Waals surface area contributed by atoms with Gasteiger partial charge in [-0.2, -0.15) is 0 Å². The molecule has 0 aliphatic heterocycles. The summed E-state index contributed by atoms with van der Waals surface area (Å²) < 4.78 is 13.4. The highest BCUT2D eigenvalue weighted by Crippen LogP contribution is 2.24. The summed E-state index contributed by atoms with van der Waals surface area (Å²) in [6.45, 7) is 0. The fraction of sp³-hybridized carbons (Fsp3) is 0.385. The number of hydrogen-bond donors (Lipinski definition) is 3. The number of halogens is 1. The molecule has 1 saturated carbocycles. The summed E-state index contributed by atoms with van der Waals surface area (Å²) >= 11 is 4.99. The Morgan fingerprint density at radius 2 is 1.89 bits per heavy atom. The molecule has 1 aromatic rings. The van der Waals surface area contributed by atoms with E-state index in [2.05, 4.69) is 16.2 Å². The lowest BCUT2D eigenvalue weighted by Crippen LogP contribution is -2.45. The van der Waals surface area contributed by atoms with E-state index in [9.17, 15) is 9.18 Å². The summed E-state index contributed by atoms with van der Waals surface area (Å²) in [5, 5.41) is 2.85. The van der Waals surface area contributed by atoms with E-state index in [4.69, 9.17) is 12.2 Å². The second-order valence-electron chi connectivity index (χ2n) is 4.53. The molecule has 0 bridgehead atoms. The van der Waals surface area contributed by atoms with Gasteiger partial charge in [0.2, 0.25) is 5.91 Å². The summed E-state index contributed by atoms with van der Waals surface area (Å²) in [7, 11) is 0. The largest absolute Gasteiger partial charge is 0.329 e. The Labute approximate surface area is 116 Å².